The third kappa shape index (κ3) is 2.03. The Hall–Kier alpha value is -1.51. The molecule has 3 nitrogen and oxygen atoms in total. The van der Waals surface area contributed by atoms with Crippen LogP contribution in [0.15, 0.2) is 35.3 Å². The van der Waals surface area contributed by atoms with Gasteiger partial charge in [-0.3, -0.25) is 0 Å². The maximum absolute atomic E-state index is 5.42. The minimum Gasteiger partial charge on any atom is -0.463 e. The first-order valence-corrected chi connectivity index (χ1v) is 5.92. The molecule has 3 heteroatoms. The van der Waals surface area contributed by atoms with Crippen molar-refractivity contribution in [1.29, 1.82) is 0 Å². The summed E-state index contributed by atoms with van der Waals surface area (Å²) in [5, 5.41) is 3.42. The van der Waals surface area contributed by atoms with Crippen molar-refractivity contribution in [2.75, 3.05) is 13.2 Å². The lowest BCUT2D eigenvalue weighted by Crippen LogP contribution is -2.30. The van der Waals surface area contributed by atoms with Crippen LogP contribution in [0, 0.1) is 5.92 Å². The van der Waals surface area contributed by atoms with Gasteiger partial charge in [-0.15, -0.1) is 0 Å². The SMILES string of the molecule is c1ccc([C@H](NC2=NCCO2)C2CC2)cc1. The van der Waals surface area contributed by atoms with Gasteiger partial charge >= 0.3 is 0 Å². The first kappa shape index (κ1) is 9.70. The van der Waals surface area contributed by atoms with Crippen LogP contribution in [0.25, 0.3) is 0 Å². The highest BCUT2D eigenvalue weighted by molar-refractivity contribution is 5.75. The third-order valence-corrected chi connectivity index (χ3v) is 3.12. The van der Waals surface area contributed by atoms with Gasteiger partial charge in [0.1, 0.15) is 6.61 Å². The minimum atomic E-state index is 0.373. The summed E-state index contributed by atoms with van der Waals surface area (Å²) < 4.78 is 5.42. The summed E-state index contributed by atoms with van der Waals surface area (Å²) in [5.41, 5.74) is 1.34. The number of hydrogen-bond donors (Lipinski definition) is 1. The topological polar surface area (TPSA) is 33.6 Å². The number of nitrogens with one attached hydrogen (secondary N) is 1. The zero-order chi connectivity index (χ0) is 10.8. The van der Waals surface area contributed by atoms with Gasteiger partial charge in [0.15, 0.2) is 0 Å². The molecule has 1 saturated carbocycles. The summed E-state index contributed by atoms with van der Waals surface area (Å²) >= 11 is 0. The number of benzene rings is 1. The number of aliphatic imine (C=N–C) groups is 1. The van der Waals surface area contributed by atoms with Crippen molar-refractivity contribution in [3.05, 3.63) is 35.9 Å². The van der Waals surface area contributed by atoms with E-state index in [1.165, 1.54) is 18.4 Å². The molecule has 0 spiro atoms. The van der Waals surface area contributed by atoms with E-state index in [9.17, 15) is 0 Å². The second-order valence-electron chi connectivity index (χ2n) is 4.41. The van der Waals surface area contributed by atoms with E-state index in [-0.39, 0.29) is 0 Å². The molecule has 16 heavy (non-hydrogen) atoms. The molecule has 1 aromatic rings. The summed E-state index contributed by atoms with van der Waals surface area (Å²) in [5.74, 6) is 0.745. The van der Waals surface area contributed by atoms with Crippen molar-refractivity contribution in [3.8, 4) is 0 Å². The normalized spacial score (nSPS) is 21.1. The number of amidine groups is 1. The van der Waals surface area contributed by atoms with E-state index in [1.807, 2.05) is 0 Å². The number of hydrogen-bond acceptors (Lipinski definition) is 3. The molecule has 2 aliphatic rings. The highest BCUT2D eigenvalue weighted by Gasteiger charge is 2.33. The van der Waals surface area contributed by atoms with Crippen LogP contribution in [0.1, 0.15) is 24.4 Å². The maximum Gasteiger partial charge on any atom is 0.285 e. The quantitative estimate of drug-likeness (QED) is 0.839. The van der Waals surface area contributed by atoms with E-state index in [0.717, 1.165) is 18.5 Å². The van der Waals surface area contributed by atoms with Gasteiger partial charge in [0.2, 0.25) is 0 Å². The van der Waals surface area contributed by atoms with Crippen molar-refractivity contribution < 1.29 is 4.74 Å². The molecule has 1 aromatic carbocycles. The summed E-state index contributed by atoms with van der Waals surface area (Å²) in [4.78, 5) is 4.29. The van der Waals surface area contributed by atoms with Crippen molar-refractivity contribution in [2.45, 2.75) is 18.9 Å². The van der Waals surface area contributed by atoms with E-state index >= 15 is 0 Å². The molecule has 84 valence electrons. The minimum absolute atomic E-state index is 0.373. The first-order chi connectivity index (χ1) is 7.93. The average Bonchev–Trinajstić information content (AvgIpc) is 3.05. The van der Waals surface area contributed by atoms with Gasteiger partial charge in [-0.1, -0.05) is 30.3 Å². The summed E-state index contributed by atoms with van der Waals surface area (Å²) in [6.07, 6.45) is 2.61. The van der Waals surface area contributed by atoms with Crippen LogP contribution >= 0.6 is 0 Å². The van der Waals surface area contributed by atoms with Crippen LogP contribution in [0.2, 0.25) is 0 Å². The van der Waals surface area contributed by atoms with Gasteiger partial charge in [0.05, 0.1) is 12.6 Å². The Labute approximate surface area is 95.5 Å². The lowest BCUT2D eigenvalue weighted by molar-refractivity contribution is 0.322. The molecule has 0 bridgehead atoms. The van der Waals surface area contributed by atoms with Crippen molar-refractivity contribution >= 4 is 6.02 Å². The summed E-state index contributed by atoms with van der Waals surface area (Å²) in [6, 6.07) is 11.7. The molecule has 0 unspecified atom stereocenters. The Morgan fingerprint density at radius 3 is 2.69 bits per heavy atom. The third-order valence-electron chi connectivity index (χ3n) is 3.12. The second-order valence-corrected chi connectivity index (χ2v) is 4.41. The zero-order valence-corrected chi connectivity index (χ0v) is 9.23. The van der Waals surface area contributed by atoms with E-state index in [0.29, 0.717) is 12.6 Å². The molecular formula is C13H16N2O. The first-order valence-electron chi connectivity index (χ1n) is 5.92. The van der Waals surface area contributed by atoms with Gasteiger partial charge in [0.25, 0.3) is 6.02 Å². The second kappa shape index (κ2) is 4.16. The molecular weight excluding hydrogens is 200 g/mol. The Morgan fingerprint density at radius 1 is 1.25 bits per heavy atom. The molecule has 0 radical (unpaired) electrons. The Kier molecular flexibility index (Phi) is 2.52. The monoisotopic (exact) mass is 216 g/mol. The van der Waals surface area contributed by atoms with Crippen LogP contribution in [-0.2, 0) is 4.74 Å². The molecule has 1 aliphatic heterocycles. The smallest absolute Gasteiger partial charge is 0.285 e. The molecule has 0 aromatic heterocycles. The molecule has 1 atom stereocenters. The van der Waals surface area contributed by atoms with Crippen molar-refractivity contribution in [3.63, 3.8) is 0 Å². The molecule has 0 saturated heterocycles. The lowest BCUT2D eigenvalue weighted by atomic mass is 10.0. The highest BCUT2D eigenvalue weighted by Crippen LogP contribution is 2.40. The van der Waals surface area contributed by atoms with Gasteiger partial charge < -0.3 is 10.1 Å². The molecule has 0 amide bonds. The summed E-state index contributed by atoms with van der Waals surface area (Å²) in [7, 11) is 0. The van der Waals surface area contributed by atoms with Crippen LogP contribution in [-0.4, -0.2) is 19.2 Å². The number of nitrogens with zero attached hydrogens (tertiary/aromatic N) is 1. The van der Waals surface area contributed by atoms with Gasteiger partial charge in [-0.2, -0.15) is 0 Å². The molecule has 1 aliphatic carbocycles. The molecule has 1 heterocycles. The Bertz CT molecular complexity index is 384. The standard InChI is InChI=1S/C13H16N2O/c1-2-4-10(5-3-1)12(11-6-7-11)15-13-14-8-9-16-13/h1-5,11-12H,6-9H2,(H,14,15)/t12-/m0/s1. The molecule has 3 rings (SSSR count). The van der Waals surface area contributed by atoms with Crippen LogP contribution in [0.5, 0.6) is 0 Å². The Balaban J connectivity index is 1.76. The largest absolute Gasteiger partial charge is 0.463 e. The van der Waals surface area contributed by atoms with Gasteiger partial charge in [-0.25, -0.2) is 4.99 Å². The summed E-state index contributed by atoms with van der Waals surface area (Å²) in [6.45, 7) is 1.50. The van der Waals surface area contributed by atoms with E-state index in [4.69, 9.17) is 4.74 Å². The molecule has 1 N–H and O–H groups in total. The maximum atomic E-state index is 5.42. The van der Waals surface area contributed by atoms with Crippen LogP contribution in [0.4, 0.5) is 0 Å². The zero-order valence-electron chi connectivity index (χ0n) is 9.23. The fourth-order valence-electron chi connectivity index (χ4n) is 2.12. The average molecular weight is 216 g/mol. The predicted octanol–water partition coefficient (Wildman–Crippen LogP) is 2.11. The highest BCUT2D eigenvalue weighted by atomic mass is 16.5. The van der Waals surface area contributed by atoms with E-state index in [1.54, 1.807) is 0 Å². The fraction of sp³-hybridized carbons (Fsp3) is 0.462. The molecule has 1 fully saturated rings. The van der Waals surface area contributed by atoms with Crippen molar-refractivity contribution in [1.82, 2.24) is 5.32 Å². The van der Waals surface area contributed by atoms with Gasteiger partial charge in [-0.05, 0) is 24.3 Å². The van der Waals surface area contributed by atoms with E-state index in [2.05, 4.69) is 40.6 Å². The number of rotatable bonds is 3. The lowest BCUT2D eigenvalue weighted by Gasteiger charge is -2.19. The number of ether oxygens (including phenoxy) is 1. The van der Waals surface area contributed by atoms with Crippen molar-refractivity contribution in [2.24, 2.45) is 10.9 Å². The van der Waals surface area contributed by atoms with Crippen LogP contribution < -0.4 is 5.32 Å². The van der Waals surface area contributed by atoms with E-state index < -0.39 is 0 Å². The fourth-order valence-corrected chi connectivity index (χ4v) is 2.12. The Morgan fingerprint density at radius 2 is 2.06 bits per heavy atom. The van der Waals surface area contributed by atoms with Gasteiger partial charge in [0, 0.05) is 0 Å². The predicted molar refractivity (Wildman–Crippen MR) is 63.3 cm³/mol. The van der Waals surface area contributed by atoms with Crippen LogP contribution in [0.3, 0.4) is 0 Å².